The predicted octanol–water partition coefficient (Wildman–Crippen LogP) is 5.10. The molecule has 0 bridgehead atoms. The molecule has 0 saturated heterocycles. The molecule has 0 N–H and O–H groups in total. The number of halogens is 1. The van der Waals surface area contributed by atoms with Gasteiger partial charge in [0.2, 0.25) is 0 Å². The Kier molecular flexibility index (Phi) is 6.31. The van der Waals surface area contributed by atoms with E-state index in [0.717, 1.165) is 17.5 Å². The van der Waals surface area contributed by atoms with Crippen LogP contribution in [0.5, 0.6) is 0 Å². The van der Waals surface area contributed by atoms with Gasteiger partial charge in [0.15, 0.2) is 5.82 Å². The molecule has 3 aromatic rings. The maximum atomic E-state index is 13.4. The van der Waals surface area contributed by atoms with Gasteiger partial charge in [0.05, 0.1) is 10.5 Å². The van der Waals surface area contributed by atoms with Crippen LogP contribution in [-0.2, 0) is 10.0 Å². The van der Waals surface area contributed by atoms with Gasteiger partial charge in [0.1, 0.15) is 11.5 Å². The van der Waals surface area contributed by atoms with Crippen LogP contribution in [0.2, 0.25) is 5.15 Å². The highest BCUT2D eigenvalue weighted by atomic mass is 35.5. The van der Waals surface area contributed by atoms with E-state index >= 15 is 0 Å². The Morgan fingerprint density at radius 1 is 1.00 bits per heavy atom. The normalized spacial score (nSPS) is 11.4. The summed E-state index contributed by atoms with van der Waals surface area (Å²) >= 11 is 6.41. The highest BCUT2D eigenvalue weighted by Gasteiger charge is 2.29. The number of unbranched alkanes of at least 4 members (excludes halogenated alkanes) is 1. The first-order chi connectivity index (χ1) is 13.4. The summed E-state index contributed by atoms with van der Waals surface area (Å²) in [7, 11) is -3.80. The van der Waals surface area contributed by atoms with Crippen LogP contribution >= 0.6 is 11.6 Å². The summed E-state index contributed by atoms with van der Waals surface area (Å²) in [6.07, 6.45) is 2.84. The van der Waals surface area contributed by atoms with Gasteiger partial charge in [-0.3, -0.25) is 0 Å². The highest BCUT2D eigenvalue weighted by Crippen LogP contribution is 2.36. The lowest BCUT2D eigenvalue weighted by Gasteiger charge is -2.25. The number of aryl methyl sites for hydroxylation is 1. The van der Waals surface area contributed by atoms with Crippen molar-refractivity contribution in [3.8, 4) is 11.1 Å². The molecule has 7 heteroatoms. The lowest BCUT2D eigenvalue weighted by Crippen LogP contribution is -2.33. The van der Waals surface area contributed by atoms with E-state index in [1.54, 1.807) is 30.3 Å². The van der Waals surface area contributed by atoms with Crippen LogP contribution in [0.1, 0.15) is 25.3 Å². The number of aromatic nitrogens is 2. The van der Waals surface area contributed by atoms with Gasteiger partial charge in [0, 0.05) is 6.54 Å². The van der Waals surface area contributed by atoms with Crippen LogP contribution < -0.4 is 4.31 Å². The Morgan fingerprint density at radius 3 is 2.32 bits per heavy atom. The van der Waals surface area contributed by atoms with Gasteiger partial charge in [0.25, 0.3) is 10.0 Å². The topological polar surface area (TPSA) is 63.2 Å². The zero-order chi connectivity index (χ0) is 20.1. The van der Waals surface area contributed by atoms with E-state index in [9.17, 15) is 8.42 Å². The number of rotatable bonds is 7. The molecule has 28 heavy (non-hydrogen) atoms. The summed E-state index contributed by atoms with van der Waals surface area (Å²) in [6, 6.07) is 16.1. The maximum Gasteiger partial charge on any atom is 0.265 e. The van der Waals surface area contributed by atoms with Gasteiger partial charge in [-0.05, 0) is 31.0 Å². The number of hydrogen-bond acceptors (Lipinski definition) is 4. The van der Waals surface area contributed by atoms with Crippen molar-refractivity contribution in [3.05, 3.63) is 71.6 Å². The average molecular weight is 416 g/mol. The average Bonchev–Trinajstić information content (AvgIpc) is 2.70. The van der Waals surface area contributed by atoms with Crippen molar-refractivity contribution in [1.82, 2.24) is 9.97 Å². The molecule has 2 aromatic carbocycles. The molecule has 0 aliphatic carbocycles. The van der Waals surface area contributed by atoms with Crippen LogP contribution in [0.4, 0.5) is 5.82 Å². The minimum atomic E-state index is -3.80. The number of sulfonamides is 1. The van der Waals surface area contributed by atoms with Gasteiger partial charge in [-0.1, -0.05) is 73.0 Å². The first-order valence-corrected chi connectivity index (χ1v) is 10.9. The molecule has 0 radical (unpaired) electrons. The largest absolute Gasteiger partial charge is 0.265 e. The lowest BCUT2D eigenvalue weighted by molar-refractivity contribution is 0.588. The Balaban J connectivity index is 2.19. The van der Waals surface area contributed by atoms with Crippen molar-refractivity contribution in [2.24, 2.45) is 0 Å². The summed E-state index contributed by atoms with van der Waals surface area (Å²) in [5, 5.41) is 0.221. The quantitative estimate of drug-likeness (QED) is 0.503. The van der Waals surface area contributed by atoms with Crippen molar-refractivity contribution >= 4 is 27.4 Å². The van der Waals surface area contributed by atoms with Gasteiger partial charge < -0.3 is 0 Å². The van der Waals surface area contributed by atoms with Crippen molar-refractivity contribution in [3.63, 3.8) is 0 Å². The molecule has 0 fully saturated rings. The Labute approximate surface area is 171 Å². The lowest BCUT2D eigenvalue weighted by atomic mass is 10.1. The minimum Gasteiger partial charge on any atom is -0.249 e. The Hall–Kier alpha value is -2.44. The molecule has 0 amide bonds. The fourth-order valence-electron chi connectivity index (χ4n) is 2.87. The van der Waals surface area contributed by atoms with Crippen LogP contribution in [0, 0.1) is 6.92 Å². The first-order valence-electron chi connectivity index (χ1n) is 9.10. The smallest absolute Gasteiger partial charge is 0.249 e. The van der Waals surface area contributed by atoms with E-state index in [2.05, 4.69) is 9.97 Å². The fourth-order valence-corrected chi connectivity index (χ4v) is 4.60. The van der Waals surface area contributed by atoms with Crippen molar-refractivity contribution in [1.29, 1.82) is 0 Å². The zero-order valence-electron chi connectivity index (χ0n) is 15.8. The number of benzene rings is 2. The molecule has 146 valence electrons. The minimum absolute atomic E-state index is 0.218. The monoisotopic (exact) mass is 415 g/mol. The SMILES string of the molecule is CCCCN(c1ncnc(Cl)c1-c1ccc(C)cc1)S(=O)(=O)c1ccccc1. The fraction of sp³-hybridized carbons (Fsp3) is 0.238. The second-order valence-corrected chi connectivity index (χ2v) is 8.69. The van der Waals surface area contributed by atoms with Gasteiger partial charge in [-0.15, -0.1) is 0 Å². The number of nitrogens with zero attached hydrogens (tertiary/aromatic N) is 3. The molecule has 0 atom stereocenters. The van der Waals surface area contributed by atoms with Crippen LogP contribution in [-0.4, -0.2) is 24.9 Å². The third-order valence-corrected chi connectivity index (χ3v) is 6.49. The summed E-state index contributed by atoms with van der Waals surface area (Å²) in [4.78, 5) is 8.64. The summed E-state index contributed by atoms with van der Waals surface area (Å²) < 4.78 is 28.2. The third kappa shape index (κ3) is 4.18. The van der Waals surface area contributed by atoms with E-state index in [1.165, 1.54) is 10.6 Å². The van der Waals surface area contributed by atoms with E-state index in [0.29, 0.717) is 24.3 Å². The number of hydrogen-bond donors (Lipinski definition) is 0. The van der Waals surface area contributed by atoms with Crippen molar-refractivity contribution < 1.29 is 8.42 Å². The standard InChI is InChI=1S/C21H22ClN3O2S/c1-3-4-14-25(28(26,27)18-8-6-5-7-9-18)21-19(20(22)23-15-24-21)17-12-10-16(2)11-13-17/h5-13,15H,3-4,14H2,1-2H3. The summed E-state index contributed by atoms with van der Waals surface area (Å²) in [5.41, 5.74) is 2.38. The first kappa shape index (κ1) is 20.3. The van der Waals surface area contributed by atoms with Crippen LogP contribution in [0.15, 0.2) is 65.8 Å². The Morgan fingerprint density at radius 2 is 1.68 bits per heavy atom. The van der Waals surface area contributed by atoms with Crippen LogP contribution in [0.25, 0.3) is 11.1 Å². The van der Waals surface area contributed by atoms with Crippen molar-refractivity contribution in [2.45, 2.75) is 31.6 Å². The molecule has 3 rings (SSSR count). The second-order valence-electron chi connectivity index (χ2n) is 6.47. The number of anilines is 1. The highest BCUT2D eigenvalue weighted by molar-refractivity contribution is 7.92. The molecule has 5 nitrogen and oxygen atoms in total. The third-order valence-electron chi connectivity index (χ3n) is 4.40. The maximum absolute atomic E-state index is 13.4. The molecule has 0 aliphatic heterocycles. The Bertz CT molecular complexity index is 1040. The van der Waals surface area contributed by atoms with Gasteiger partial charge in [-0.25, -0.2) is 22.7 Å². The van der Waals surface area contributed by atoms with E-state index < -0.39 is 10.0 Å². The molecule has 0 saturated carbocycles. The van der Waals surface area contributed by atoms with Crippen molar-refractivity contribution in [2.75, 3.05) is 10.8 Å². The van der Waals surface area contributed by atoms with Crippen LogP contribution in [0.3, 0.4) is 0 Å². The summed E-state index contributed by atoms with van der Waals surface area (Å²) in [5.74, 6) is 0.293. The predicted molar refractivity (Wildman–Crippen MR) is 113 cm³/mol. The molecule has 0 aliphatic rings. The molecule has 0 unspecified atom stereocenters. The molecule has 1 aromatic heterocycles. The van der Waals surface area contributed by atoms with E-state index in [4.69, 9.17) is 11.6 Å². The van der Waals surface area contributed by atoms with E-state index in [1.807, 2.05) is 38.1 Å². The van der Waals surface area contributed by atoms with Gasteiger partial charge >= 0.3 is 0 Å². The van der Waals surface area contributed by atoms with Gasteiger partial charge in [-0.2, -0.15) is 0 Å². The molecular weight excluding hydrogens is 394 g/mol. The molecular formula is C21H22ClN3O2S. The zero-order valence-corrected chi connectivity index (χ0v) is 17.4. The second kappa shape index (κ2) is 8.71. The molecule has 0 spiro atoms. The molecule has 1 heterocycles. The van der Waals surface area contributed by atoms with E-state index in [-0.39, 0.29) is 10.0 Å². The summed E-state index contributed by atoms with van der Waals surface area (Å²) in [6.45, 7) is 4.31.